The van der Waals surface area contributed by atoms with Crippen molar-refractivity contribution in [3.63, 3.8) is 0 Å². The molecule has 0 aromatic carbocycles. The zero-order valence-electron chi connectivity index (χ0n) is 13.4. The number of carbonyl (C=O) groups excluding carboxylic acids is 1. The molecule has 0 radical (unpaired) electrons. The van der Waals surface area contributed by atoms with Crippen LogP contribution in [0.1, 0.15) is 103 Å². The summed E-state index contributed by atoms with van der Waals surface area (Å²) in [6.07, 6.45) is 24.6. The fourth-order valence-corrected chi connectivity index (χ4v) is 3.09. The average molecular weight is 278 g/mol. The molecule has 1 rings (SSSR count). The largest absolute Gasteiger partial charge is 0.298 e. The summed E-state index contributed by atoms with van der Waals surface area (Å²) in [5.74, 6) is 0. The lowest BCUT2D eigenvalue weighted by atomic mass is 10.0. The van der Waals surface area contributed by atoms with E-state index in [1.54, 1.807) is 0 Å². The summed E-state index contributed by atoms with van der Waals surface area (Å²) >= 11 is 0. The highest BCUT2D eigenvalue weighted by atomic mass is 16.1. The first-order chi connectivity index (χ1) is 9.93. The van der Waals surface area contributed by atoms with E-state index in [2.05, 4.69) is 6.08 Å². The van der Waals surface area contributed by atoms with Gasteiger partial charge in [-0.15, -0.1) is 0 Å². The van der Waals surface area contributed by atoms with E-state index in [1.807, 2.05) is 0 Å². The maximum absolute atomic E-state index is 11.0. The lowest BCUT2D eigenvalue weighted by molar-refractivity contribution is -0.105. The molecule has 0 bridgehead atoms. The number of hydrogen-bond acceptors (Lipinski definition) is 1. The van der Waals surface area contributed by atoms with E-state index in [0.29, 0.717) is 0 Å². The molecule has 0 spiro atoms. The van der Waals surface area contributed by atoms with Gasteiger partial charge < -0.3 is 0 Å². The molecule has 116 valence electrons. The summed E-state index contributed by atoms with van der Waals surface area (Å²) in [6, 6.07) is 0. The third-order valence-electron chi connectivity index (χ3n) is 4.48. The van der Waals surface area contributed by atoms with Crippen LogP contribution < -0.4 is 0 Å². The number of rotatable bonds is 1. The minimum absolute atomic E-state index is 1.00. The highest BCUT2D eigenvalue weighted by Crippen LogP contribution is 2.16. The van der Waals surface area contributed by atoms with Gasteiger partial charge in [0.1, 0.15) is 6.29 Å². The predicted molar refractivity (Wildman–Crippen MR) is 88.0 cm³/mol. The molecule has 20 heavy (non-hydrogen) atoms. The van der Waals surface area contributed by atoms with Crippen molar-refractivity contribution >= 4 is 6.29 Å². The van der Waals surface area contributed by atoms with Crippen molar-refractivity contribution in [2.24, 2.45) is 0 Å². The number of allylic oxidation sites excluding steroid dienone is 2. The number of carbonyl (C=O) groups is 1. The summed E-state index contributed by atoms with van der Waals surface area (Å²) in [7, 11) is 0. The van der Waals surface area contributed by atoms with Gasteiger partial charge >= 0.3 is 0 Å². The molecule has 0 unspecified atom stereocenters. The molecule has 0 aliphatic heterocycles. The van der Waals surface area contributed by atoms with Crippen LogP contribution in [-0.2, 0) is 4.79 Å². The molecule has 0 saturated carbocycles. The van der Waals surface area contributed by atoms with E-state index >= 15 is 0 Å². The molecule has 1 heteroatoms. The highest BCUT2D eigenvalue weighted by Gasteiger charge is 1.98. The zero-order valence-corrected chi connectivity index (χ0v) is 13.4. The first-order valence-electron chi connectivity index (χ1n) is 9.07. The molecule has 0 fully saturated rings. The Hall–Kier alpha value is -0.590. The molecule has 0 atom stereocenters. The van der Waals surface area contributed by atoms with Crippen LogP contribution in [0.3, 0.4) is 0 Å². The van der Waals surface area contributed by atoms with Gasteiger partial charge in [-0.25, -0.2) is 0 Å². The molecule has 1 nitrogen and oxygen atoms in total. The van der Waals surface area contributed by atoms with Gasteiger partial charge in [0.2, 0.25) is 0 Å². The third-order valence-corrected chi connectivity index (χ3v) is 4.48. The first-order valence-corrected chi connectivity index (χ1v) is 9.07. The summed E-state index contributed by atoms with van der Waals surface area (Å²) in [5.41, 5.74) is 1.05. The Morgan fingerprint density at radius 3 is 1.45 bits per heavy atom. The zero-order chi connectivity index (χ0) is 14.3. The van der Waals surface area contributed by atoms with Crippen LogP contribution in [0, 0.1) is 0 Å². The van der Waals surface area contributed by atoms with Crippen molar-refractivity contribution in [2.45, 2.75) is 103 Å². The molecule has 0 aromatic rings. The number of aldehydes is 1. The highest BCUT2D eigenvalue weighted by molar-refractivity contribution is 5.72. The molecule has 0 N–H and O–H groups in total. The SMILES string of the molecule is O=CC1=CCCCCCCCCCCCCCCCC1. The molecule has 0 saturated heterocycles. The lowest BCUT2D eigenvalue weighted by Crippen LogP contribution is -1.88. The standard InChI is InChI=1S/C19H34O/c20-18-19-16-14-12-10-8-6-4-2-1-3-5-7-9-11-13-15-17-19/h16,18H,1-15,17H2. The second kappa shape index (κ2) is 13.4. The Morgan fingerprint density at radius 1 is 0.600 bits per heavy atom. The monoisotopic (exact) mass is 278 g/mol. The van der Waals surface area contributed by atoms with E-state index in [1.165, 1.54) is 89.9 Å². The molecule has 0 heterocycles. The Labute approximate surface area is 126 Å². The van der Waals surface area contributed by atoms with E-state index in [0.717, 1.165) is 24.7 Å². The maximum Gasteiger partial charge on any atom is 0.145 e. The van der Waals surface area contributed by atoms with Crippen LogP contribution in [0.5, 0.6) is 0 Å². The minimum Gasteiger partial charge on any atom is -0.298 e. The fourth-order valence-electron chi connectivity index (χ4n) is 3.09. The van der Waals surface area contributed by atoms with Gasteiger partial charge in [0.15, 0.2) is 0 Å². The predicted octanol–water partition coefficient (Wildman–Crippen LogP) is 6.37. The van der Waals surface area contributed by atoms with Crippen molar-refractivity contribution in [1.82, 2.24) is 0 Å². The van der Waals surface area contributed by atoms with Crippen LogP contribution in [0.25, 0.3) is 0 Å². The van der Waals surface area contributed by atoms with E-state index in [9.17, 15) is 4.79 Å². The Balaban J connectivity index is 2.24. The van der Waals surface area contributed by atoms with Crippen molar-refractivity contribution in [3.8, 4) is 0 Å². The topological polar surface area (TPSA) is 17.1 Å². The summed E-state index contributed by atoms with van der Waals surface area (Å²) in [5, 5.41) is 0. The molecule has 0 aromatic heterocycles. The third kappa shape index (κ3) is 10.2. The lowest BCUT2D eigenvalue weighted by Gasteiger charge is -2.05. The Bertz CT molecular complexity index is 254. The minimum atomic E-state index is 1.00. The Morgan fingerprint density at radius 2 is 1.00 bits per heavy atom. The van der Waals surface area contributed by atoms with Crippen LogP contribution in [0.15, 0.2) is 11.6 Å². The normalized spacial score (nSPS) is 22.3. The summed E-state index contributed by atoms with van der Waals surface area (Å²) in [6.45, 7) is 0. The van der Waals surface area contributed by atoms with Gasteiger partial charge in [0, 0.05) is 0 Å². The molecular formula is C19H34O. The second-order valence-electron chi connectivity index (χ2n) is 6.39. The van der Waals surface area contributed by atoms with Gasteiger partial charge in [0.25, 0.3) is 0 Å². The molecule has 1 aliphatic rings. The quantitative estimate of drug-likeness (QED) is 0.509. The molecule has 0 amide bonds. The van der Waals surface area contributed by atoms with Crippen LogP contribution in [-0.4, -0.2) is 6.29 Å². The fraction of sp³-hybridized carbons (Fsp3) is 0.842. The van der Waals surface area contributed by atoms with Gasteiger partial charge in [-0.1, -0.05) is 83.1 Å². The van der Waals surface area contributed by atoms with E-state index in [-0.39, 0.29) is 0 Å². The molecule has 1 aliphatic carbocycles. The van der Waals surface area contributed by atoms with E-state index < -0.39 is 0 Å². The van der Waals surface area contributed by atoms with Crippen molar-refractivity contribution in [2.75, 3.05) is 0 Å². The average Bonchev–Trinajstić information content (AvgIpc) is 2.47. The molecular weight excluding hydrogens is 244 g/mol. The second-order valence-corrected chi connectivity index (χ2v) is 6.39. The van der Waals surface area contributed by atoms with Gasteiger partial charge in [-0.05, 0) is 31.3 Å². The van der Waals surface area contributed by atoms with Crippen LogP contribution in [0.4, 0.5) is 0 Å². The van der Waals surface area contributed by atoms with Gasteiger partial charge in [0.05, 0.1) is 0 Å². The van der Waals surface area contributed by atoms with Crippen molar-refractivity contribution in [1.29, 1.82) is 0 Å². The van der Waals surface area contributed by atoms with Gasteiger partial charge in [-0.2, -0.15) is 0 Å². The maximum atomic E-state index is 11.0. The summed E-state index contributed by atoms with van der Waals surface area (Å²) < 4.78 is 0. The van der Waals surface area contributed by atoms with Crippen molar-refractivity contribution < 1.29 is 4.79 Å². The Kier molecular flexibility index (Phi) is 11.7. The summed E-state index contributed by atoms with van der Waals surface area (Å²) in [4.78, 5) is 11.0. The van der Waals surface area contributed by atoms with E-state index in [4.69, 9.17) is 0 Å². The van der Waals surface area contributed by atoms with Gasteiger partial charge in [-0.3, -0.25) is 4.79 Å². The number of hydrogen-bond donors (Lipinski definition) is 0. The smallest absolute Gasteiger partial charge is 0.145 e. The first kappa shape index (κ1) is 17.5. The van der Waals surface area contributed by atoms with Crippen LogP contribution in [0.2, 0.25) is 0 Å². The van der Waals surface area contributed by atoms with Crippen LogP contribution >= 0.6 is 0 Å². The van der Waals surface area contributed by atoms with Crippen molar-refractivity contribution in [3.05, 3.63) is 11.6 Å².